The highest BCUT2D eigenvalue weighted by molar-refractivity contribution is 5.52. The molecule has 2 aromatic rings. The summed E-state index contributed by atoms with van der Waals surface area (Å²) in [7, 11) is 0. The summed E-state index contributed by atoms with van der Waals surface area (Å²) in [5.41, 5.74) is 9.18. The average Bonchev–Trinajstić information content (AvgIpc) is 2.56. The molecule has 0 spiro atoms. The van der Waals surface area contributed by atoms with Gasteiger partial charge in [0, 0.05) is 44.1 Å². The molecule has 2 aromatic carbocycles. The molecule has 0 aromatic heterocycles. The molecule has 1 aliphatic heterocycles. The van der Waals surface area contributed by atoms with Crippen LogP contribution >= 0.6 is 0 Å². The number of nitrogens with zero attached hydrogens (tertiary/aromatic N) is 2. The smallest absolute Gasteiger partial charge is 0.123 e. The van der Waals surface area contributed by atoms with Gasteiger partial charge in [-0.05, 0) is 42.0 Å². The molecule has 0 bridgehead atoms. The van der Waals surface area contributed by atoms with Crippen molar-refractivity contribution >= 4 is 11.4 Å². The summed E-state index contributed by atoms with van der Waals surface area (Å²) in [6.07, 6.45) is 0. The number of hydrogen-bond donors (Lipinski definition) is 1. The van der Waals surface area contributed by atoms with Crippen LogP contribution in [0.4, 0.5) is 15.8 Å². The van der Waals surface area contributed by atoms with Gasteiger partial charge < -0.3 is 15.5 Å². The van der Waals surface area contributed by atoms with Gasteiger partial charge in [-0.15, -0.1) is 0 Å². The van der Waals surface area contributed by atoms with E-state index in [4.69, 9.17) is 5.73 Å². The van der Waals surface area contributed by atoms with Gasteiger partial charge in [-0.2, -0.15) is 0 Å². The Morgan fingerprint density at radius 1 is 0.857 bits per heavy atom. The Morgan fingerprint density at radius 3 is 2.10 bits per heavy atom. The van der Waals surface area contributed by atoms with E-state index in [2.05, 4.69) is 34.1 Å². The van der Waals surface area contributed by atoms with Crippen molar-refractivity contribution < 1.29 is 4.39 Å². The zero-order chi connectivity index (χ0) is 14.7. The summed E-state index contributed by atoms with van der Waals surface area (Å²) >= 11 is 0. The van der Waals surface area contributed by atoms with Crippen molar-refractivity contribution in [3.05, 3.63) is 59.9 Å². The first-order chi connectivity index (χ1) is 10.3. The molecule has 110 valence electrons. The van der Waals surface area contributed by atoms with Crippen molar-refractivity contribution in [2.45, 2.75) is 6.54 Å². The van der Waals surface area contributed by atoms with E-state index in [1.54, 1.807) is 0 Å². The number of rotatable bonds is 3. The molecule has 0 saturated carbocycles. The van der Waals surface area contributed by atoms with Crippen molar-refractivity contribution in [2.24, 2.45) is 5.73 Å². The first kappa shape index (κ1) is 13.9. The summed E-state index contributed by atoms with van der Waals surface area (Å²) in [5.74, 6) is -0.184. The van der Waals surface area contributed by atoms with Crippen molar-refractivity contribution in [3.63, 3.8) is 0 Å². The highest BCUT2D eigenvalue weighted by Gasteiger charge is 2.17. The van der Waals surface area contributed by atoms with E-state index in [0.29, 0.717) is 6.54 Å². The van der Waals surface area contributed by atoms with Crippen LogP contribution in [0.2, 0.25) is 0 Å². The Labute approximate surface area is 124 Å². The van der Waals surface area contributed by atoms with E-state index in [1.165, 1.54) is 17.8 Å². The van der Waals surface area contributed by atoms with E-state index < -0.39 is 0 Å². The van der Waals surface area contributed by atoms with E-state index in [0.717, 1.165) is 37.4 Å². The first-order valence-corrected chi connectivity index (χ1v) is 7.31. The molecular weight excluding hydrogens is 265 g/mol. The van der Waals surface area contributed by atoms with Crippen LogP contribution in [0.5, 0.6) is 0 Å². The summed E-state index contributed by atoms with van der Waals surface area (Å²) in [5, 5.41) is 0. The Kier molecular flexibility index (Phi) is 4.06. The lowest BCUT2D eigenvalue weighted by Gasteiger charge is -2.37. The maximum absolute atomic E-state index is 13.0. The molecule has 0 atom stereocenters. The Bertz CT molecular complexity index is 589. The topological polar surface area (TPSA) is 32.5 Å². The number of hydrogen-bond acceptors (Lipinski definition) is 3. The summed E-state index contributed by atoms with van der Waals surface area (Å²) in [6.45, 7) is 4.39. The van der Waals surface area contributed by atoms with E-state index in [9.17, 15) is 4.39 Å². The molecule has 3 nitrogen and oxygen atoms in total. The highest BCUT2D eigenvalue weighted by atomic mass is 19.1. The quantitative estimate of drug-likeness (QED) is 0.941. The second-order valence-electron chi connectivity index (χ2n) is 5.32. The summed E-state index contributed by atoms with van der Waals surface area (Å²) in [6, 6.07) is 15.1. The van der Waals surface area contributed by atoms with E-state index >= 15 is 0 Å². The van der Waals surface area contributed by atoms with Gasteiger partial charge in [-0.3, -0.25) is 0 Å². The molecule has 2 N–H and O–H groups in total. The number of piperazine rings is 1. The summed E-state index contributed by atoms with van der Waals surface area (Å²) in [4.78, 5) is 4.67. The largest absolute Gasteiger partial charge is 0.368 e. The lowest BCUT2D eigenvalue weighted by molar-refractivity contribution is 0.625. The fraction of sp³-hybridized carbons (Fsp3) is 0.294. The Balaban J connectivity index is 1.65. The SMILES string of the molecule is NCc1cccc(N2CCN(c3ccc(F)cc3)CC2)c1. The highest BCUT2D eigenvalue weighted by Crippen LogP contribution is 2.21. The average molecular weight is 285 g/mol. The molecule has 0 radical (unpaired) electrons. The van der Waals surface area contributed by atoms with Crippen LogP contribution < -0.4 is 15.5 Å². The van der Waals surface area contributed by atoms with Gasteiger partial charge in [-0.1, -0.05) is 12.1 Å². The van der Waals surface area contributed by atoms with Gasteiger partial charge in [-0.25, -0.2) is 4.39 Å². The molecular formula is C17H20FN3. The third-order valence-corrected chi connectivity index (χ3v) is 3.98. The minimum absolute atomic E-state index is 0.184. The molecule has 1 aliphatic rings. The van der Waals surface area contributed by atoms with Crippen molar-refractivity contribution in [1.82, 2.24) is 0 Å². The normalized spacial score (nSPS) is 15.3. The molecule has 0 aliphatic carbocycles. The third-order valence-electron chi connectivity index (χ3n) is 3.98. The van der Waals surface area contributed by atoms with Gasteiger partial charge in [0.05, 0.1) is 0 Å². The molecule has 0 unspecified atom stereocenters. The zero-order valence-electron chi connectivity index (χ0n) is 12.0. The lowest BCUT2D eigenvalue weighted by Crippen LogP contribution is -2.46. The minimum atomic E-state index is -0.184. The van der Waals surface area contributed by atoms with Crippen LogP contribution in [0.3, 0.4) is 0 Å². The van der Waals surface area contributed by atoms with Gasteiger partial charge in [0.15, 0.2) is 0 Å². The van der Waals surface area contributed by atoms with Gasteiger partial charge in [0.1, 0.15) is 5.82 Å². The molecule has 4 heteroatoms. The van der Waals surface area contributed by atoms with Crippen molar-refractivity contribution in [3.8, 4) is 0 Å². The van der Waals surface area contributed by atoms with Crippen LogP contribution in [0, 0.1) is 5.82 Å². The summed E-state index contributed by atoms with van der Waals surface area (Å²) < 4.78 is 13.0. The predicted octanol–water partition coefficient (Wildman–Crippen LogP) is 2.61. The number of nitrogens with two attached hydrogens (primary N) is 1. The molecule has 0 amide bonds. The predicted molar refractivity (Wildman–Crippen MR) is 85.2 cm³/mol. The van der Waals surface area contributed by atoms with Gasteiger partial charge >= 0.3 is 0 Å². The molecule has 1 fully saturated rings. The monoisotopic (exact) mass is 285 g/mol. The van der Waals surface area contributed by atoms with Crippen molar-refractivity contribution in [2.75, 3.05) is 36.0 Å². The lowest BCUT2D eigenvalue weighted by atomic mass is 10.1. The first-order valence-electron chi connectivity index (χ1n) is 7.31. The van der Waals surface area contributed by atoms with Crippen LogP contribution in [0.15, 0.2) is 48.5 Å². The molecule has 21 heavy (non-hydrogen) atoms. The Morgan fingerprint density at radius 2 is 1.48 bits per heavy atom. The molecule has 1 heterocycles. The zero-order valence-corrected chi connectivity index (χ0v) is 12.0. The fourth-order valence-corrected chi connectivity index (χ4v) is 2.75. The van der Waals surface area contributed by atoms with Crippen LogP contribution in [0.25, 0.3) is 0 Å². The van der Waals surface area contributed by atoms with E-state index in [-0.39, 0.29) is 5.82 Å². The Hall–Kier alpha value is -2.07. The standard InChI is InChI=1S/C17H20FN3/c18-15-4-6-16(7-5-15)20-8-10-21(11-9-20)17-3-1-2-14(12-17)13-19/h1-7,12H,8-11,13,19H2. The van der Waals surface area contributed by atoms with Crippen molar-refractivity contribution in [1.29, 1.82) is 0 Å². The maximum atomic E-state index is 13.0. The van der Waals surface area contributed by atoms with Gasteiger partial charge in [0.25, 0.3) is 0 Å². The number of halogens is 1. The second-order valence-corrected chi connectivity index (χ2v) is 5.32. The van der Waals surface area contributed by atoms with Crippen LogP contribution in [0.1, 0.15) is 5.56 Å². The molecule has 3 rings (SSSR count). The molecule has 1 saturated heterocycles. The second kappa shape index (κ2) is 6.14. The maximum Gasteiger partial charge on any atom is 0.123 e. The minimum Gasteiger partial charge on any atom is -0.368 e. The van der Waals surface area contributed by atoms with Crippen LogP contribution in [-0.4, -0.2) is 26.2 Å². The van der Waals surface area contributed by atoms with E-state index in [1.807, 2.05) is 12.1 Å². The fourth-order valence-electron chi connectivity index (χ4n) is 2.75. The van der Waals surface area contributed by atoms with Gasteiger partial charge in [0.2, 0.25) is 0 Å². The number of anilines is 2. The van der Waals surface area contributed by atoms with Crippen LogP contribution in [-0.2, 0) is 6.54 Å². The third kappa shape index (κ3) is 3.16. The number of benzene rings is 2.